The fourth-order valence-corrected chi connectivity index (χ4v) is 3.97. The van der Waals surface area contributed by atoms with Crippen LogP contribution in [0.2, 0.25) is 0 Å². The van der Waals surface area contributed by atoms with Crippen LogP contribution in [-0.2, 0) is 11.3 Å². The Labute approximate surface area is 181 Å². The zero-order valence-corrected chi connectivity index (χ0v) is 18.8. The summed E-state index contributed by atoms with van der Waals surface area (Å²) in [6.45, 7) is 5.50. The van der Waals surface area contributed by atoms with Crippen molar-refractivity contribution in [2.24, 2.45) is 0 Å². The minimum Gasteiger partial charge on any atom is -0.325 e. The smallest absolute Gasteiger partial charge is 0.262 e. The van der Waals surface area contributed by atoms with Gasteiger partial charge < -0.3 is 10.2 Å². The number of aromatic nitrogens is 2. The van der Waals surface area contributed by atoms with Gasteiger partial charge in [0.1, 0.15) is 0 Å². The van der Waals surface area contributed by atoms with Crippen molar-refractivity contribution in [1.29, 1.82) is 0 Å². The van der Waals surface area contributed by atoms with Crippen molar-refractivity contribution in [3.63, 3.8) is 0 Å². The third kappa shape index (κ3) is 5.49. The first-order chi connectivity index (χ1) is 14.3. The zero-order valence-electron chi connectivity index (χ0n) is 17.9. The highest BCUT2D eigenvalue weighted by molar-refractivity contribution is 7.99. The molecule has 0 aliphatic heterocycles. The van der Waals surface area contributed by atoms with Crippen LogP contribution < -0.4 is 10.9 Å². The van der Waals surface area contributed by atoms with E-state index in [0.717, 1.165) is 24.2 Å². The Balaban J connectivity index is 1.78. The lowest BCUT2D eigenvalue weighted by Gasteiger charge is -2.15. The second-order valence-corrected chi connectivity index (χ2v) is 8.60. The molecule has 1 N–H and O–H groups in total. The van der Waals surface area contributed by atoms with Crippen LogP contribution in [0.25, 0.3) is 10.9 Å². The van der Waals surface area contributed by atoms with Crippen LogP contribution in [-0.4, -0.2) is 46.8 Å². The molecule has 1 aromatic heterocycles. The molecule has 0 aliphatic rings. The molecule has 0 saturated carbocycles. The summed E-state index contributed by atoms with van der Waals surface area (Å²) in [5.41, 5.74) is 3.69. The highest BCUT2D eigenvalue weighted by Crippen LogP contribution is 2.19. The SMILES string of the molecule is Cc1ccc(NC(=O)CSc2nc3ccccc3c(=O)n2CCCN(C)C)cc1C. The second kappa shape index (κ2) is 9.91. The van der Waals surface area contributed by atoms with Crippen LogP contribution in [0.4, 0.5) is 5.69 Å². The number of nitrogens with zero attached hydrogens (tertiary/aromatic N) is 3. The van der Waals surface area contributed by atoms with Gasteiger partial charge in [0.05, 0.1) is 16.7 Å². The fraction of sp³-hybridized carbons (Fsp3) is 0.348. The predicted molar refractivity (Wildman–Crippen MR) is 124 cm³/mol. The molecule has 7 heteroatoms. The molecule has 0 atom stereocenters. The molecule has 1 amide bonds. The molecule has 30 heavy (non-hydrogen) atoms. The number of amides is 1. The van der Waals surface area contributed by atoms with Crippen LogP contribution in [0, 0.1) is 13.8 Å². The molecule has 0 unspecified atom stereocenters. The van der Waals surface area contributed by atoms with Crippen molar-refractivity contribution < 1.29 is 4.79 Å². The lowest BCUT2D eigenvalue weighted by molar-refractivity contribution is -0.113. The number of aryl methyl sites for hydroxylation is 2. The third-order valence-electron chi connectivity index (χ3n) is 4.94. The maximum Gasteiger partial charge on any atom is 0.262 e. The second-order valence-electron chi connectivity index (χ2n) is 7.66. The van der Waals surface area contributed by atoms with Crippen LogP contribution in [0.3, 0.4) is 0 Å². The monoisotopic (exact) mass is 424 g/mol. The van der Waals surface area contributed by atoms with Gasteiger partial charge in [-0.05, 0) is 76.3 Å². The number of fused-ring (bicyclic) bond motifs is 1. The third-order valence-corrected chi connectivity index (χ3v) is 5.91. The van der Waals surface area contributed by atoms with Crippen molar-refractivity contribution in [3.8, 4) is 0 Å². The average molecular weight is 425 g/mol. The summed E-state index contributed by atoms with van der Waals surface area (Å²) in [6.07, 6.45) is 0.829. The van der Waals surface area contributed by atoms with Gasteiger partial charge in [-0.15, -0.1) is 0 Å². The first-order valence-electron chi connectivity index (χ1n) is 9.99. The number of anilines is 1. The molecule has 0 fully saturated rings. The van der Waals surface area contributed by atoms with E-state index in [0.29, 0.717) is 22.6 Å². The highest BCUT2D eigenvalue weighted by atomic mass is 32.2. The van der Waals surface area contributed by atoms with Crippen molar-refractivity contribution in [3.05, 3.63) is 63.9 Å². The van der Waals surface area contributed by atoms with Crippen molar-refractivity contribution in [2.75, 3.05) is 31.7 Å². The van der Waals surface area contributed by atoms with Gasteiger partial charge in [0.15, 0.2) is 5.16 Å². The largest absolute Gasteiger partial charge is 0.325 e. The Morgan fingerprint density at radius 1 is 1.13 bits per heavy atom. The number of nitrogens with one attached hydrogen (secondary N) is 1. The summed E-state index contributed by atoms with van der Waals surface area (Å²) in [5, 5.41) is 4.11. The van der Waals surface area contributed by atoms with Gasteiger partial charge in [-0.25, -0.2) is 4.98 Å². The Morgan fingerprint density at radius 3 is 2.63 bits per heavy atom. The maximum atomic E-state index is 13.0. The van der Waals surface area contributed by atoms with Crippen LogP contribution >= 0.6 is 11.8 Å². The summed E-state index contributed by atoms with van der Waals surface area (Å²) in [6, 6.07) is 13.2. The molecule has 0 radical (unpaired) electrons. The van der Waals surface area contributed by atoms with Crippen molar-refractivity contribution in [2.45, 2.75) is 32.0 Å². The van der Waals surface area contributed by atoms with Gasteiger partial charge in [0.2, 0.25) is 5.91 Å². The fourth-order valence-electron chi connectivity index (χ4n) is 3.15. The first kappa shape index (κ1) is 22.1. The first-order valence-corrected chi connectivity index (χ1v) is 11.0. The average Bonchev–Trinajstić information content (AvgIpc) is 2.71. The lowest BCUT2D eigenvalue weighted by atomic mass is 10.1. The van der Waals surface area contributed by atoms with Gasteiger partial charge in [0, 0.05) is 12.2 Å². The van der Waals surface area contributed by atoms with E-state index < -0.39 is 0 Å². The van der Waals surface area contributed by atoms with E-state index in [2.05, 4.69) is 15.2 Å². The van der Waals surface area contributed by atoms with E-state index in [9.17, 15) is 9.59 Å². The Morgan fingerprint density at radius 2 is 1.90 bits per heavy atom. The molecule has 0 aliphatic carbocycles. The minimum atomic E-state index is -0.120. The summed E-state index contributed by atoms with van der Waals surface area (Å²) in [7, 11) is 4.02. The van der Waals surface area contributed by atoms with Crippen LogP contribution in [0.1, 0.15) is 17.5 Å². The molecule has 158 valence electrons. The van der Waals surface area contributed by atoms with E-state index in [4.69, 9.17) is 0 Å². The van der Waals surface area contributed by atoms with Gasteiger partial charge in [-0.1, -0.05) is 30.0 Å². The van der Waals surface area contributed by atoms with Crippen molar-refractivity contribution >= 4 is 34.3 Å². The van der Waals surface area contributed by atoms with E-state index in [1.165, 1.54) is 17.3 Å². The molecular weight excluding hydrogens is 396 g/mol. The molecule has 2 aromatic carbocycles. The summed E-state index contributed by atoms with van der Waals surface area (Å²) < 4.78 is 1.69. The van der Waals surface area contributed by atoms with E-state index in [1.54, 1.807) is 10.6 Å². The van der Waals surface area contributed by atoms with Crippen molar-refractivity contribution in [1.82, 2.24) is 14.5 Å². The van der Waals surface area contributed by atoms with E-state index in [-0.39, 0.29) is 17.2 Å². The number of hydrogen-bond acceptors (Lipinski definition) is 5. The van der Waals surface area contributed by atoms with Gasteiger partial charge >= 0.3 is 0 Å². The quantitative estimate of drug-likeness (QED) is 0.441. The number of carbonyl (C=O) groups excluding carboxylic acids is 1. The standard InChI is InChI=1S/C23H28N4O2S/c1-16-10-11-18(14-17(16)2)24-21(28)15-30-23-25-20-9-6-5-8-19(20)22(29)27(23)13-7-12-26(3)4/h5-6,8-11,14H,7,12-13,15H2,1-4H3,(H,24,28). The van der Waals surface area contributed by atoms with E-state index in [1.807, 2.05) is 64.3 Å². The summed E-state index contributed by atoms with van der Waals surface area (Å²) >= 11 is 1.30. The summed E-state index contributed by atoms with van der Waals surface area (Å²) in [4.78, 5) is 32.3. The predicted octanol–water partition coefficient (Wildman–Crippen LogP) is 3.70. The summed E-state index contributed by atoms with van der Waals surface area (Å²) in [5.74, 6) is 0.0660. The maximum absolute atomic E-state index is 13.0. The molecule has 3 aromatic rings. The molecule has 0 bridgehead atoms. The number of rotatable bonds is 8. The normalized spacial score (nSPS) is 11.2. The molecular formula is C23H28N4O2S. The Hall–Kier alpha value is -2.64. The number of thioether (sulfide) groups is 1. The number of para-hydroxylation sites is 1. The topological polar surface area (TPSA) is 67.2 Å². The number of hydrogen-bond donors (Lipinski definition) is 1. The zero-order chi connectivity index (χ0) is 21.7. The van der Waals surface area contributed by atoms with Gasteiger partial charge in [0.25, 0.3) is 5.56 Å². The molecule has 6 nitrogen and oxygen atoms in total. The Kier molecular flexibility index (Phi) is 7.29. The molecule has 0 saturated heterocycles. The lowest BCUT2D eigenvalue weighted by Crippen LogP contribution is -2.26. The van der Waals surface area contributed by atoms with Gasteiger partial charge in [-0.3, -0.25) is 14.2 Å². The van der Waals surface area contributed by atoms with Crippen LogP contribution in [0.5, 0.6) is 0 Å². The minimum absolute atomic E-state index is 0.0589. The highest BCUT2D eigenvalue weighted by Gasteiger charge is 2.13. The molecule has 0 spiro atoms. The van der Waals surface area contributed by atoms with Crippen LogP contribution in [0.15, 0.2) is 52.4 Å². The molecule has 3 rings (SSSR count). The van der Waals surface area contributed by atoms with E-state index >= 15 is 0 Å². The molecule has 1 heterocycles. The number of carbonyl (C=O) groups is 1. The Bertz CT molecular complexity index is 1110. The van der Waals surface area contributed by atoms with Gasteiger partial charge in [-0.2, -0.15) is 0 Å². The number of benzene rings is 2.